The predicted molar refractivity (Wildman–Crippen MR) is 60.7 cm³/mol. The monoisotopic (exact) mass is 282 g/mol. The summed E-state index contributed by atoms with van der Waals surface area (Å²) >= 11 is 0. The number of carbonyl (C=O) groups is 2. The summed E-state index contributed by atoms with van der Waals surface area (Å²) in [5, 5.41) is 8.60. The highest BCUT2D eigenvalue weighted by Crippen LogP contribution is 2.18. The summed E-state index contributed by atoms with van der Waals surface area (Å²) in [5.74, 6) is -1.45. The van der Waals surface area contributed by atoms with Gasteiger partial charge in [0.05, 0.1) is 0 Å². The molecule has 1 fully saturated rings. The molecule has 8 heteroatoms. The minimum absolute atomic E-state index is 0.341. The van der Waals surface area contributed by atoms with E-state index in [0.29, 0.717) is 18.0 Å². The van der Waals surface area contributed by atoms with Gasteiger partial charge in [-0.15, -0.1) is 0 Å². The van der Waals surface area contributed by atoms with E-state index in [4.69, 9.17) is 5.11 Å². The van der Waals surface area contributed by atoms with Gasteiger partial charge in [0.25, 0.3) is 0 Å². The van der Waals surface area contributed by atoms with Gasteiger partial charge in [0.2, 0.25) is 0 Å². The number of hydrogen-bond donors (Lipinski definition) is 1. The Morgan fingerprint density at radius 1 is 1.11 bits per heavy atom. The third-order valence-electron chi connectivity index (χ3n) is 2.84. The molecule has 1 aliphatic heterocycles. The summed E-state index contributed by atoms with van der Waals surface area (Å²) in [7, 11) is 0. The Morgan fingerprint density at radius 2 is 1.63 bits per heavy atom. The molecule has 0 spiro atoms. The molecule has 1 heterocycles. The van der Waals surface area contributed by atoms with Gasteiger partial charge in [-0.1, -0.05) is 12.8 Å². The first-order valence-electron chi connectivity index (χ1n) is 6.12. The molecule has 0 saturated carbocycles. The molecule has 0 aromatic heterocycles. The van der Waals surface area contributed by atoms with E-state index in [0.717, 1.165) is 25.7 Å². The Balaban J connectivity index is 2.71. The third-order valence-corrected chi connectivity index (χ3v) is 2.84. The van der Waals surface area contributed by atoms with Gasteiger partial charge in [-0.3, -0.25) is 4.79 Å². The van der Waals surface area contributed by atoms with Crippen LogP contribution in [0.4, 0.5) is 18.0 Å². The zero-order chi connectivity index (χ0) is 14.5. The first-order chi connectivity index (χ1) is 8.79. The Kier molecular flexibility index (Phi) is 5.44. The van der Waals surface area contributed by atoms with E-state index >= 15 is 0 Å². The highest BCUT2D eigenvalue weighted by molar-refractivity contribution is 5.80. The minimum Gasteiger partial charge on any atom is -0.480 e. The molecule has 110 valence electrons. The molecule has 0 aliphatic carbocycles. The zero-order valence-electron chi connectivity index (χ0n) is 10.4. The summed E-state index contributed by atoms with van der Waals surface area (Å²) in [6.45, 7) is -1.71. The molecule has 0 atom stereocenters. The number of alkyl halides is 3. The highest BCUT2D eigenvalue weighted by atomic mass is 19.4. The number of halogens is 3. The fourth-order valence-corrected chi connectivity index (χ4v) is 2.03. The first kappa shape index (κ1) is 15.6. The maximum absolute atomic E-state index is 12.4. The summed E-state index contributed by atoms with van der Waals surface area (Å²) in [6.07, 6.45) is -1.27. The van der Waals surface area contributed by atoms with Crippen LogP contribution >= 0.6 is 0 Å². The van der Waals surface area contributed by atoms with Gasteiger partial charge in [0, 0.05) is 13.1 Å². The van der Waals surface area contributed by atoms with Crippen LogP contribution in [0, 0.1) is 0 Å². The Morgan fingerprint density at radius 3 is 2.05 bits per heavy atom. The summed E-state index contributed by atoms with van der Waals surface area (Å²) in [5.41, 5.74) is 0. The zero-order valence-corrected chi connectivity index (χ0v) is 10.4. The van der Waals surface area contributed by atoms with Crippen LogP contribution in [-0.4, -0.2) is 59.3 Å². The molecule has 1 aliphatic rings. The number of rotatable bonds is 3. The van der Waals surface area contributed by atoms with Gasteiger partial charge >= 0.3 is 18.2 Å². The summed E-state index contributed by atoms with van der Waals surface area (Å²) in [4.78, 5) is 24.2. The molecule has 1 saturated heterocycles. The normalized spacial score (nSPS) is 16.9. The lowest BCUT2D eigenvalue weighted by molar-refractivity contribution is -0.149. The number of carboxylic acids is 1. The lowest BCUT2D eigenvalue weighted by Crippen LogP contribution is -2.49. The topological polar surface area (TPSA) is 60.9 Å². The fraction of sp³-hybridized carbons (Fsp3) is 0.818. The fourth-order valence-electron chi connectivity index (χ4n) is 2.03. The van der Waals surface area contributed by atoms with Gasteiger partial charge in [0.15, 0.2) is 0 Å². The van der Waals surface area contributed by atoms with Crippen LogP contribution in [0.25, 0.3) is 0 Å². The van der Waals surface area contributed by atoms with E-state index in [-0.39, 0.29) is 0 Å². The van der Waals surface area contributed by atoms with Crippen molar-refractivity contribution in [2.24, 2.45) is 0 Å². The summed E-state index contributed by atoms with van der Waals surface area (Å²) < 4.78 is 37.1. The molecule has 19 heavy (non-hydrogen) atoms. The second kappa shape index (κ2) is 6.63. The van der Waals surface area contributed by atoms with E-state index in [2.05, 4.69) is 0 Å². The smallest absolute Gasteiger partial charge is 0.406 e. The molecular weight excluding hydrogens is 265 g/mol. The molecule has 1 N–H and O–H groups in total. The van der Waals surface area contributed by atoms with Gasteiger partial charge in [-0.25, -0.2) is 4.79 Å². The van der Waals surface area contributed by atoms with Crippen molar-refractivity contribution in [3.05, 3.63) is 0 Å². The number of nitrogens with zero attached hydrogens (tertiary/aromatic N) is 2. The van der Waals surface area contributed by atoms with Crippen molar-refractivity contribution in [2.45, 2.75) is 31.9 Å². The van der Waals surface area contributed by atoms with Crippen molar-refractivity contribution in [3.63, 3.8) is 0 Å². The molecule has 0 radical (unpaired) electrons. The number of likely N-dealkylation sites (tertiary alicyclic amines) is 1. The first-order valence-corrected chi connectivity index (χ1v) is 6.12. The largest absolute Gasteiger partial charge is 0.480 e. The highest BCUT2D eigenvalue weighted by Gasteiger charge is 2.35. The molecule has 1 rings (SSSR count). The Bertz CT molecular complexity index is 326. The van der Waals surface area contributed by atoms with Crippen LogP contribution in [0.5, 0.6) is 0 Å². The molecule has 5 nitrogen and oxygen atoms in total. The second-order valence-corrected chi connectivity index (χ2v) is 4.55. The van der Waals surface area contributed by atoms with E-state index < -0.39 is 31.3 Å². The summed E-state index contributed by atoms with van der Waals surface area (Å²) in [6, 6.07) is -0.846. The maximum atomic E-state index is 12.4. The Hall–Kier alpha value is -1.47. The lowest BCUT2D eigenvalue weighted by atomic mass is 10.2. The van der Waals surface area contributed by atoms with Gasteiger partial charge < -0.3 is 14.9 Å². The molecule has 0 aromatic rings. The van der Waals surface area contributed by atoms with Crippen molar-refractivity contribution in [1.82, 2.24) is 9.80 Å². The third kappa shape index (κ3) is 5.80. The van der Waals surface area contributed by atoms with Gasteiger partial charge in [-0.05, 0) is 12.8 Å². The van der Waals surface area contributed by atoms with Crippen molar-refractivity contribution in [2.75, 3.05) is 26.2 Å². The number of amides is 2. The lowest BCUT2D eigenvalue weighted by Gasteiger charge is -2.29. The standard InChI is InChI=1S/C11H17F3N2O3/c12-11(13,14)8-16(7-9(17)18)10(19)15-5-3-1-2-4-6-15/h1-8H2,(H,17,18). The number of carbonyl (C=O) groups excluding carboxylic acids is 1. The second-order valence-electron chi connectivity index (χ2n) is 4.55. The van der Waals surface area contributed by atoms with Crippen LogP contribution in [0.2, 0.25) is 0 Å². The molecule has 2 amide bonds. The molecule has 0 aromatic carbocycles. The van der Waals surface area contributed by atoms with E-state index in [9.17, 15) is 22.8 Å². The average molecular weight is 282 g/mol. The van der Waals surface area contributed by atoms with E-state index in [1.165, 1.54) is 4.90 Å². The van der Waals surface area contributed by atoms with Crippen molar-refractivity contribution in [3.8, 4) is 0 Å². The van der Waals surface area contributed by atoms with Crippen LogP contribution in [-0.2, 0) is 4.79 Å². The molecule has 0 unspecified atom stereocenters. The average Bonchev–Trinajstić information content (AvgIpc) is 2.53. The van der Waals surface area contributed by atoms with Crippen LogP contribution < -0.4 is 0 Å². The quantitative estimate of drug-likeness (QED) is 0.860. The van der Waals surface area contributed by atoms with Gasteiger partial charge in [0.1, 0.15) is 13.1 Å². The Labute approximate surface area is 109 Å². The van der Waals surface area contributed by atoms with Crippen LogP contribution in [0.3, 0.4) is 0 Å². The number of aliphatic carboxylic acids is 1. The maximum Gasteiger partial charge on any atom is 0.406 e. The number of carboxylic acid groups (broad SMARTS) is 1. The van der Waals surface area contributed by atoms with Crippen molar-refractivity contribution >= 4 is 12.0 Å². The molecular formula is C11H17F3N2O3. The van der Waals surface area contributed by atoms with E-state index in [1.54, 1.807) is 0 Å². The molecule has 0 bridgehead atoms. The van der Waals surface area contributed by atoms with Gasteiger partial charge in [-0.2, -0.15) is 13.2 Å². The predicted octanol–water partition coefficient (Wildman–Crippen LogP) is 1.93. The number of urea groups is 1. The minimum atomic E-state index is -4.60. The SMILES string of the molecule is O=C(O)CN(CC(F)(F)F)C(=O)N1CCCCCC1. The van der Waals surface area contributed by atoms with Crippen molar-refractivity contribution < 1.29 is 27.9 Å². The van der Waals surface area contributed by atoms with E-state index in [1.807, 2.05) is 0 Å². The van der Waals surface area contributed by atoms with Crippen molar-refractivity contribution in [1.29, 1.82) is 0 Å². The van der Waals surface area contributed by atoms with Crippen LogP contribution in [0.15, 0.2) is 0 Å². The number of hydrogen-bond acceptors (Lipinski definition) is 2. The van der Waals surface area contributed by atoms with Crippen LogP contribution in [0.1, 0.15) is 25.7 Å².